The molecule has 0 aromatic carbocycles. The van der Waals surface area contributed by atoms with E-state index in [2.05, 4.69) is 20.9 Å². The lowest BCUT2D eigenvalue weighted by atomic mass is 10.1. The highest BCUT2D eigenvalue weighted by molar-refractivity contribution is 14.1. The molecule has 1 aromatic heterocycles. The normalized spacial score (nSPS) is 10.8. The standard InChI is InChI=1S/C9H7BrF2INO2/c10-3-4-1-5(8(11)12)9(13)14-6(4)2-7(15)16/h1,8H,2-3H2,(H,15,16). The van der Waals surface area contributed by atoms with Gasteiger partial charge in [0.05, 0.1) is 12.1 Å². The van der Waals surface area contributed by atoms with E-state index in [1.54, 1.807) is 22.6 Å². The van der Waals surface area contributed by atoms with E-state index in [4.69, 9.17) is 5.11 Å². The molecule has 0 fully saturated rings. The molecule has 0 atom stereocenters. The minimum atomic E-state index is -2.60. The van der Waals surface area contributed by atoms with Crippen LogP contribution < -0.4 is 0 Å². The first kappa shape index (κ1) is 13.8. The maximum absolute atomic E-state index is 12.6. The van der Waals surface area contributed by atoms with Crippen molar-refractivity contribution in [1.29, 1.82) is 0 Å². The van der Waals surface area contributed by atoms with Crippen molar-refractivity contribution in [2.24, 2.45) is 0 Å². The Hall–Kier alpha value is -0.310. The summed E-state index contributed by atoms with van der Waals surface area (Å²) in [6.07, 6.45) is -2.86. The van der Waals surface area contributed by atoms with Gasteiger partial charge in [0.25, 0.3) is 6.43 Å². The number of hydrogen-bond donors (Lipinski definition) is 1. The fraction of sp³-hybridized carbons (Fsp3) is 0.333. The minimum absolute atomic E-state index is 0.147. The lowest BCUT2D eigenvalue weighted by Gasteiger charge is -2.09. The van der Waals surface area contributed by atoms with Gasteiger partial charge >= 0.3 is 5.97 Å². The lowest BCUT2D eigenvalue weighted by molar-refractivity contribution is -0.136. The number of carboxylic acids is 1. The Labute approximate surface area is 113 Å². The highest BCUT2D eigenvalue weighted by Crippen LogP contribution is 2.26. The van der Waals surface area contributed by atoms with Gasteiger partial charge in [0.15, 0.2) is 0 Å². The number of carboxylic acid groups (broad SMARTS) is 1. The van der Waals surface area contributed by atoms with Gasteiger partial charge in [0.1, 0.15) is 3.70 Å². The smallest absolute Gasteiger partial charge is 0.309 e. The molecule has 0 aliphatic carbocycles. The molecule has 0 aliphatic heterocycles. The molecule has 1 rings (SSSR count). The van der Waals surface area contributed by atoms with Crippen LogP contribution in [0.1, 0.15) is 23.2 Å². The van der Waals surface area contributed by atoms with Crippen LogP contribution in [0, 0.1) is 3.70 Å². The third-order valence-electron chi connectivity index (χ3n) is 1.87. The highest BCUT2D eigenvalue weighted by Gasteiger charge is 2.17. The lowest BCUT2D eigenvalue weighted by Crippen LogP contribution is -2.08. The van der Waals surface area contributed by atoms with E-state index in [-0.39, 0.29) is 15.7 Å². The quantitative estimate of drug-likeness (QED) is 0.475. The second-order valence-corrected chi connectivity index (χ2v) is 4.56. The zero-order valence-electron chi connectivity index (χ0n) is 7.88. The van der Waals surface area contributed by atoms with E-state index in [1.165, 1.54) is 6.07 Å². The first-order chi connectivity index (χ1) is 7.45. The van der Waals surface area contributed by atoms with Crippen LogP contribution in [0.3, 0.4) is 0 Å². The fourth-order valence-electron chi connectivity index (χ4n) is 1.15. The van der Waals surface area contributed by atoms with Crippen molar-refractivity contribution >= 4 is 44.5 Å². The molecule has 3 nitrogen and oxygen atoms in total. The van der Waals surface area contributed by atoms with Crippen molar-refractivity contribution < 1.29 is 18.7 Å². The molecule has 0 saturated heterocycles. The number of alkyl halides is 3. The number of aliphatic carboxylic acids is 1. The first-order valence-electron chi connectivity index (χ1n) is 4.19. The van der Waals surface area contributed by atoms with Gasteiger partial charge in [-0.15, -0.1) is 0 Å². The molecule has 1 heterocycles. The summed E-state index contributed by atoms with van der Waals surface area (Å²) in [6.45, 7) is 0. The van der Waals surface area contributed by atoms with Crippen molar-refractivity contribution in [1.82, 2.24) is 4.98 Å². The second-order valence-electron chi connectivity index (χ2n) is 2.98. The maximum atomic E-state index is 12.6. The molecule has 0 amide bonds. The van der Waals surface area contributed by atoms with E-state index < -0.39 is 12.4 Å². The minimum Gasteiger partial charge on any atom is -0.481 e. The number of hydrogen-bond acceptors (Lipinski definition) is 2. The van der Waals surface area contributed by atoms with Crippen LogP contribution in [0.2, 0.25) is 0 Å². The number of carbonyl (C=O) groups is 1. The number of pyridine rings is 1. The summed E-state index contributed by atoms with van der Waals surface area (Å²) >= 11 is 4.81. The molecule has 0 saturated carbocycles. The van der Waals surface area contributed by atoms with Gasteiger partial charge < -0.3 is 5.11 Å². The monoisotopic (exact) mass is 405 g/mol. The molecular weight excluding hydrogens is 399 g/mol. The molecule has 1 aromatic rings. The molecule has 16 heavy (non-hydrogen) atoms. The Bertz CT molecular complexity index is 415. The van der Waals surface area contributed by atoms with E-state index in [9.17, 15) is 13.6 Å². The highest BCUT2D eigenvalue weighted by atomic mass is 127. The average Bonchev–Trinajstić information content (AvgIpc) is 2.16. The third-order valence-corrected chi connectivity index (χ3v) is 3.34. The largest absolute Gasteiger partial charge is 0.481 e. The van der Waals surface area contributed by atoms with Crippen molar-refractivity contribution in [3.8, 4) is 0 Å². The van der Waals surface area contributed by atoms with Crippen LogP contribution in [0.5, 0.6) is 0 Å². The van der Waals surface area contributed by atoms with E-state index in [0.717, 1.165) is 0 Å². The van der Waals surface area contributed by atoms with Crippen molar-refractivity contribution in [3.05, 3.63) is 26.6 Å². The van der Waals surface area contributed by atoms with Crippen LogP contribution in [-0.4, -0.2) is 16.1 Å². The predicted molar refractivity (Wildman–Crippen MR) is 65.9 cm³/mol. The number of halogens is 4. The Kier molecular flexibility index (Phi) is 5.03. The van der Waals surface area contributed by atoms with Gasteiger partial charge in [-0.25, -0.2) is 13.8 Å². The molecule has 0 aliphatic rings. The number of nitrogens with zero attached hydrogens (tertiary/aromatic N) is 1. The van der Waals surface area contributed by atoms with E-state index in [1.807, 2.05) is 0 Å². The fourth-order valence-corrected chi connectivity index (χ4v) is 2.32. The second kappa shape index (κ2) is 5.85. The summed E-state index contributed by atoms with van der Waals surface area (Å²) in [4.78, 5) is 14.5. The van der Waals surface area contributed by atoms with Gasteiger partial charge in [-0.2, -0.15) is 0 Å². The van der Waals surface area contributed by atoms with Crippen molar-refractivity contribution in [2.75, 3.05) is 0 Å². The summed E-state index contributed by atoms with van der Waals surface area (Å²) in [6, 6.07) is 1.30. The van der Waals surface area contributed by atoms with Crippen LogP contribution in [-0.2, 0) is 16.5 Å². The summed E-state index contributed by atoms with van der Waals surface area (Å²) < 4.78 is 25.3. The third kappa shape index (κ3) is 3.34. The zero-order valence-corrected chi connectivity index (χ0v) is 11.6. The van der Waals surface area contributed by atoms with Crippen molar-refractivity contribution in [3.63, 3.8) is 0 Å². The summed E-state index contributed by atoms with van der Waals surface area (Å²) in [7, 11) is 0. The molecule has 88 valence electrons. The van der Waals surface area contributed by atoms with Gasteiger partial charge in [0, 0.05) is 10.9 Å². The Morgan fingerprint density at radius 1 is 1.62 bits per heavy atom. The van der Waals surface area contributed by atoms with Crippen LogP contribution in [0.4, 0.5) is 8.78 Å². The molecule has 0 radical (unpaired) electrons. The van der Waals surface area contributed by atoms with Crippen LogP contribution in [0.25, 0.3) is 0 Å². The van der Waals surface area contributed by atoms with Crippen molar-refractivity contribution in [2.45, 2.75) is 18.2 Å². The Morgan fingerprint density at radius 2 is 2.25 bits per heavy atom. The summed E-state index contributed by atoms with van der Waals surface area (Å²) in [5.74, 6) is -1.03. The van der Waals surface area contributed by atoms with Gasteiger partial charge in [-0.1, -0.05) is 15.9 Å². The SMILES string of the molecule is O=C(O)Cc1nc(I)c(C(F)F)cc1CBr. The predicted octanol–water partition coefficient (Wildman–Crippen LogP) is 3.15. The molecule has 0 unspecified atom stereocenters. The number of rotatable bonds is 4. The molecular formula is C9H7BrF2INO2. The van der Waals surface area contributed by atoms with E-state index in [0.29, 0.717) is 16.6 Å². The Morgan fingerprint density at radius 3 is 2.69 bits per heavy atom. The van der Waals surface area contributed by atoms with E-state index >= 15 is 0 Å². The summed E-state index contributed by atoms with van der Waals surface area (Å²) in [5, 5.41) is 8.96. The molecule has 7 heteroatoms. The van der Waals surface area contributed by atoms with Crippen LogP contribution >= 0.6 is 38.5 Å². The Balaban J connectivity index is 3.20. The topological polar surface area (TPSA) is 50.2 Å². The van der Waals surface area contributed by atoms with Crippen LogP contribution in [0.15, 0.2) is 6.07 Å². The van der Waals surface area contributed by atoms with Gasteiger partial charge in [-0.3, -0.25) is 4.79 Å². The van der Waals surface area contributed by atoms with Gasteiger partial charge in [-0.05, 0) is 34.2 Å². The van der Waals surface area contributed by atoms with Gasteiger partial charge in [0.2, 0.25) is 0 Å². The average molecular weight is 406 g/mol. The maximum Gasteiger partial charge on any atom is 0.309 e. The molecule has 0 bridgehead atoms. The molecule has 1 N–H and O–H groups in total. The summed E-state index contributed by atoms with van der Waals surface area (Å²) in [5.41, 5.74) is 0.639. The zero-order chi connectivity index (χ0) is 12.3. The first-order valence-corrected chi connectivity index (χ1v) is 6.39. The molecule has 0 spiro atoms. The number of aromatic nitrogens is 1.